The second kappa shape index (κ2) is 9.89. The molecule has 3 aromatic rings. The van der Waals surface area contributed by atoms with E-state index in [4.69, 9.17) is 9.72 Å². The second-order valence-corrected chi connectivity index (χ2v) is 7.08. The van der Waals surface area contributed by atoms with Gasteiger partial charge in [0.25, 0.3) is 0 Å². The number of rotatable bonds is 8. The monoisotopic (exact) mass is 390 g/mol. The Morgan fingerprint density at radius 3 is 2.55 bits per heavy atom. The van der Waals surface area contributed by atoms with Crippen molar-refractivity contribution in [2.24, 2.45) is 0 Å². The summed E-state index contributed by atoms with van der Waals surface area (Å²) in [5.74, 6) is 1.01. The summed E-state index contributed by atoms with van der Waals surface area (Å²) in [6.45, 7) is 5.06. The third kappa shape index (κ3) is 5.45. The molecule has 6 nitrogen and oxygen atoms in total. The van der Waals surface area contributed by atoms with E-state index < -0.39 is 0 Å². The molecule has 2 heterocycles. The molecular formula is C23H26N4O2. The number of methoxy groups -OCH3 is 1. The molecule has 0 aliphatic heterocycles. The largest absolute Gasteiger partial charge is 0.384 e. The first-order valence-electron chi connectivity index (χ1n) is 9.71. The van der Waals surface area contributed by atoms with Crippen molar-refractivity contribution in [1.82, 2.24) is 20.3 Å². The van der Waals surface area contributed by atoms with Gasteiger partial charge in [-0.05, 0) is 17.7 Å². The van der Waals surface area contributed by atoms with Crippen molar-refractivity contribution >= 4 is 5.91 Å². The number of hydrogen-bond donors (Lipinski definition) is 1. The lowest BCUT2D eigenvalue weighted by Crippen LogP contribution is -2.23. The van der Waals surface area contributed by atoms with Gasteiger partial charge in [0.15, 0.2) is 0 Å². The van der Waals surface area contributed by atoms with E-state index >= 15 is 0 Å². The van der Waals surface area contributed by atoms with Crippen LogP contribution in [-0.4, -0.2) is 34.6 Å². The van der Waals surface area contributed by atoms with E-state index in [2.05, 4.69) is 29.1 Å². The number of amides is 1. The summed E-state index contributed by atoms with van der Waals surface area (Å²) in [4.78, 5) is 25.6. The summed E-state index contributed by atoms with van der Waals surface area (Å²) in [5.41, 5.74) is 4.61. The number of carbonyl (C=O) groups is 1. The topological polar surface area (TPSA) is 77.0 Å². The third-order valence-corrected chi connectivity index (χ3v) is 4.51. The van der Waals surface area contributed by atoms with Crippen LogP contribution >= 0.6 is 0 Å². The molecule has 3 rings (SSSR count). The normalized spacial score (nSPS) is 10.9. The molecule has 1 amide bonds. The Hall–Kier alpha value is -3.12. The lowest BCUT2D eigenvalue weighted by Gasteiger charge is -2.12. The van der Waals surface area contributed by atoms with Gasteiger partial charge in [0.05, 0.1) is 18.0 Å². The summed E-state index contributed by atoms with van der Waals surface area (Å²) in [6.07, 6.45) is 3.98. The first kappa shape index (κ1) is 20.6. The smallest absolute Gasteiger partial charge is 0.222 e. The van der Waals surface area contributed by atoms with Gasteiger partial charge in [-0.2, -0.15) is 0 Å². The lowest BCUT2D eigenvalue weighted by atomic mass is 10.0. The molecule has 0 unspecified atom stereocenters. The van der Waals surface area contributed by atoms with Gasteiger partial charge < -0.3 is 10.1 Å². The summed E-state index contributed by atoms with van der Waals surface area (Å²) < 4.78 is 4.93. The zero-order valence-corrected chi connectivity index (χ0v) is 17.1. The highest BCUT2D eigenvalue weighted by atomic mass is 16.5. The van der Waals surface area contributed by atoms with Crippen molar-refractivity contribution in [1.29, 1.82) is 0 Å². The van der Waals surface area contributed by atoms with Gasteiger partial charge in [0, 0.05) is 49.5 Å². The van der Waals surface area contributed by atoms with Crippen LogP contribution in [0.5, 0.6) is 0 Å². The molecular weight excluding hydrogens is 364 g/mol. The second-order valence-electron chi connectivity index (χ2n) is 7.08. The van der Waals surface area contributed by atoms with Gasteiger partial charge >= 0.3 is 0 Å². The van der Waals surface area contributed by atoms with Gasteiger partial charge in [0.2, 0.25) is 5.91 Å². The Morgan fingerprint density at radius 1 is 1.10 bits per heavy atom. The fourth-order valence-corrected chi connectivity index (χ4v) is 2.87. The van der Waals surface area contributed by atoms with Crippen LogP contribution in [0.4, 0.5) is 0 Å². The van der Waals surface area contributed by atoms with Crippen LogP contribution in [0.1, 0.15) is 37.6 Å². The number of carbonyl (C=O) groups excluding carboxylic acids is 1. The predicted molar refractivity (Wildman–Crippen MR) is 113 cm³/mol. The van der Waals surface area contributed by atoms with Crippen LogP contribution in [0.15, 0.2) is 54.9 Å². The average Bonchev–Trinajstić information content (AvgIpc) is 2.76. The zero-order valence-electron chi connectivity index (χ0n) is 17.1. The number of nitrogens with one attached hydrogen (secondary N) is 1. The van der Waals surface area contributed by atoms with Crippen molar-refractivity contribution in [3.05, 3.63) is 66.2 Å². The van der Waals surface area contributed by atoms with Crippen LogP contribution in [0.3, 0.4) is 0 Å². The zero-order chi connectivity index (χ0) is 20.6. The van der Waals surface area contributed by atoms with Crippen LogP contribution in [0, 0.1) is 0 Å². The van der Waals surface area contributed by atoms with Crippen molar-refractivity contribution in [2.75, 3.05) is 13.7 Å². The maximum Gasteiger partial charge on any atom is 0.222 e. The summed E-state index contributed by atoms with van der Waals surface area (Å²) in [7, 11) is 1.59. The lowest BCUT2D eigenvalue weighted by molar-refractivity contribution is -0.122. The number of benzene rings is 1. The quantitative estimate of drug-likeness (QED) is 0.629. The van der Waals surface area contributed by atoms with Crippen molar-refractivity contribution in [2.45, 2.75) is 32.7 Å². The number of ether oxygens (including phenoxy) is 1. The fraction of sp³-hybridized carbons (Fsp3) is 0.304. The maximum absolute atomic E-state index is 11.8. The van der Waals surface area contributed by atoms with Crippen molar-refractivity contribution in [3.8, 4) is 22.5 Å². The van der Waals surface area contributed by atoms with Gasteiger partial charge in [-0.15, -0.1) is 0 Å². The molecule has 1 N–H and O–H groups in total. The molecule has 2 aromatic heterocycles. The van der Waals surface area contributed by atoms with E-state index in [1.54, 1.807) is 13.3 Å². The number of pyridine rings is 1. The summed E-state index contributed by atoms with van der Waals surface area (Å²) in [5, 5.41) is 2.90. The first-order chi connectivity index (χ1) is 14.1. The number of nitrogens with zero attached hydrogens (tertiary/aromatic N) is 3. The predicted octanol–water partition coefficient (Wildman–Crippen LogP) is 3.98. The molecule has 0 aliphatic rings. The minimum absolute atomic E-state index is 0.0225. The highest BCUT2D eigenvalue weighted by Gasteiger charge is 2.14. The molecule has 0 saturated carbocycles. The molecule has 0 spiro atoms. The number of hydrogen-bond acceptors (Lipinski definition) is 5. The highest BCUT2D eigenvalue weighted by molar-refractivity contribution is 5.78. The van der Waals surface area contributed by atoms with Crippen LogP contribution < -0.4 is 5.32 Å². The van der Waals surface area contributed by atoms with E-state index in [1.165, 1.54) is 0 Å². The Bertz CT molecular complexity index is 941. The maximum atomic E-state index is 11.8. The van der Waals surface area contributed by atoms with Gasteiger partial charge in [-0.3, -0.25) is 9.78 Å². The first-order valence-corrected chi connectivity index (χ1v) is 9.71. The highest BCUT2D eigenvalue weighted by Crippen LogP contribution is 2.30. The van der Waals surface area contributed by atoms with E-state index in [9.17, 15) is 4.79 Å². The van der Waals surface area contributed by atoms with Crippen LogP contribution in [0.25, 0.3) is 22.5 Å². The minimum atomic E-state index is -0.0225. The van der Waals surface area contributed by atoms with Crippen LogP contribution in [-0.2, 0) is 16.1 Å². The third-order valence-electron chi connectivity index (χ3n) is 4.51. The van der Waals surface area contributed by atoms with E-state index in [1.807, 2.05) is 48.7 Å². The summed E-state index contributed by atoms with van der Waals surface area (Å²) >= 11 is 0. The SMILES string of the molecule is COCCC(=O)NCc1ccc(-c2nc(C(C)C)ncc2-c2ccccn2)cc1. The molecule has 150 valence electrons. The molecule has 0 atom stereocenters. The molecule has 6 heteroatoms. The average molecular weight is 390 g/mol. The molecule has 0 radical (unpaired) electrons. The molecule has 0 saturated heterocycles. The molecule has 0 aliphatic carbocycles. The van der Waals surface area contributed by atoms with Crippen LogP contribution in [0.2, 0.25) is 0 Å². The molecule has 0 bridgehead atoms. The van der Waals surface area contributed by atoms with E-state index in [-0.39, 0.29) is 11.8 Å². The molecule has 29 heavy (non-hydrogen) atoms. The Morgan fingerprint density at radius 2 is 1.90 bits per heavy atom. The minimum Gasteiger partial charge on any atom is -0.384 e. The Kier molecular flexibility index (Phi) is 7.03. The van der Waals surface area contributed by atoms with E-state index in [0.29, 0.717) is 19.6 Å². The van der Waals surface area contributed by atoms with Gasteiger partial charge in [-0.1, -0.05) is 44.2 Å². The number of aromatic nitrogens is 3. The fourth-order valence-electron chi connectivity index (χ4n) is 2.87. The van der Waals surface area contributed by atoms with Crippen molar-refractivity contribution in [3.63, 3.8) is 0 Å². The van der Waals surface area contributed by atoms with Gasteiger partial charge in [-0.25, -0.2) is 9.97 Å². The van der Waals surface area contributed by atoms with E-state index in [0.717, 1.165) is 33.9 Å². The molecule has 1 aromatic carbocycles. The van der Waals surface area contributed by atoms with Crippen molar-refractivity contribution < 1.29 is 9.53 Å². The van der Waals surface area contributed by atoms with Gasteiger partial charge in [0.1, 0.15) is 5.82 Å². The molecule has 0 fully saturated rings. The standard InChI is InChI=1S/C23H26N4O2/c1-16(2)23-26-15-19(20-6-4-5-12-24-20)22(27-23)18-9-7-17(8-10-18)14-25-21(28)11-13-29-3/h4-10,12,15-16H,11,13-14H2,1-3H3,(H,25,28). The Labute approximate surface area is 171 Å². The summed E-state index contributed by atoms with van der Waals surface area (Å²) in [6, 6.07) is 13.9. The Balaban J connectivity index is 1.85.